The van der Waals surface area contributed by atoms with E-state index in [0.29, 0.717) is 16.3 Å². The first kappa shape index (κ1) is 14.1. The third-order valence-electron chi connectivity index (χ3n) is 3.34. The molecule has 1 heterocycles. The van der Waals surface area contributed by atoms with Crippen molar-refractivity contribution in [2.75, 3.05) is 11.9 Å². The lowest BCUT2D eigenvalue weighted by atomic mass is 9.93. The summed E-state index contributed by atoms with van der Waals surface area (Å²) in [4.78, 5) is 0. The molecule has 106 valence electrons. The predicted molar refractivity (Wildman–Crippen MR) is 83.7 cm³/mol. The quantitative estimate of drug-likeness (QED) is 0.843. The second kappa shape index (κ2) is 5.14. The predicted octanol–water partition coefficient (Wildman–Crippen LogP) is 4.03. The Morgan fingerprint density at radius 1 is 1.33 bits per heavy atom. The van der Waals surface area contributed by atoms with Gasteiger partial charge < -0.3 is 15.2 Å². The van der Waals surface area contributed by atoms with Gasteiger partial charge in [-0.3, -0.25) is 0 Å². The maximum atomic E-state index is 9.63. The van der Waals surface area contributed by atoms with Crippen molar-refractivity contribution < 1.29 is 9.84 Å². The fourth-order valence-electron chi connectivity index (χ4n) is 2.29. The number of benzene rings is 2. The van der Waals surface area contributed by atoms with Crippen LogP contribution in [0.1, 0.15) is 5.56 Å². The Labute approximate surface area is 135 Å². The largest absolute Gasteiger partial charge is 0.508 e. The fourth-order valence-corrected chi connectivity index (χ4v) is 2.79. The number of hydrogen-bond acceptors (Lipinski definition) is 4. The summed E-state index contributed by atoms with van der Waals surface area (Å²) in [5, 5.41) is 22.9. The van der Waals surface area contributed by atoms with E-state index < -0.39 is 5.54 Å². The van der Waals surface area contributed by atoms with Gasteiger partial charge >= 0.3 is 0 Å². The Morgan fingerprint density at radius 3 is 2.86 bits per heavy atom. The molecule has 2 N–H and O–H groups in total. The summed E-state index contributed by atoms with van der Waals surface area (Å²) in [5.41, 5.74) is 0.460. The van der Waals surface area contributed by atoms with Gasteiger partial charge in [0, 0.05) is 21.8 Å². The lowest BCUT2D eigenvalue weighted by Gasteiger charge is -2.23. The molecule has 0 bridgehead atoms. The van der Waals surface area contributed by atoms with E-state index >= 15 is 0 Å². The molecule has 0 spiro atoms. The van der Waals surface area contributed by atoms with E-state index in [1.807, 2.05) is 0 Å². The Balaban J connectivity index is 2.00. The highest BCUT2D eigenvalue weighted by molar-refractivity contribution is 9.10. The smallest absolute Gasteiger partial charge is 0.188 e. The molecule has 6 heteroatoms. The summed E-state index contributed by atoms with van der Waals surface area (Å²) in [5.74, 6) is 0.619. The van der Waals surface area contributed by atoms with Crippen LogP contribution in [0.4, 0.5) is 5.69 Å². The molecule has 1 unspecified atom stereocenters. The molecule has 3 rings (SSSR count). The molecule has 0 aliphatic carbocycles. The summed E-state index contributed by atoms with van der Waals surface area (Å²) in [6.45, 7) is 0.169. The zero-order chi connectivity index (χ0) is 15.0. The number of halogens is 2. The van der Waals surface area contributed by atoms with Gasteiger partial charge in [-0.25, -0.2) is 0 Å². The van der Waals surface area contributed by atoms with Crippen LogP contribution in [-0.4, -0.2) is 11.7 Å². The third kappa shape index (κ3) is 2.41. The highest BCUT2D eigenvalue weighted by atomic mass is 79.9. The highest BCUT2D eigenvalue weighted by Gasteiger charge is 2.41. The van der Waals surface area contributed by atoms with E-state index in [-0.39, 0.29) is 12.4 Å². The SMILES string of the molecule is N#CC1(Nc2ccc(Cl)c(Br)c2)COc2cc(O)ccc21. The highest BCUT2D eigenvalue weighted by Crippen LogP contribution is 2.41. The van der Waals surface area contributed by atoms with Crippen LogP contribution < -0.4 is 10.1 Å². The number of nitriles is 1. The molecule has 4 nitrogen and oxygen atoms in total. The molecule has 0 aromatic heterocycles. The van der Waals surface area contributed by atoms with Crippen LogP contribution in [-0.2, 0) is 5.54 Å². The molecule has 0 radical (unpaired) electrons. The minimum absolute atomic E-state index is 0.108. The Hall–Kier alpha value is -1.90. The molecule has 1 aliphatic rings. The first-order valence-corrected chi connectivity index (χ1v) is 7.32. The molecule has 1 aliphatic heterocycles. The van der Waals surface area contributed by atoms with Crippen molar-refractivity contribution in [2.45, 2.75) is 5.54 Å². The van der Waals surface area contributed by atoms with Gasteiger partial charge in [0.1, 0.15) is 18.1 Å². The Kier molecular flexibility index (Phi) is 3.44. The number of hydrogen-bond donors (Lipinski definition) is 2. The van der Waals surface area contributed by atoms with E-state index in [2.05, 4.69) is 27.3 Å². The number of phenolic OH excluding ortho intramolecular Hbond substituents is 1. The van der Waals surface area contributed by atoms with Crippen LogP contribution in [0.2, 0.25) is 5.02 Å². The summed E-state index contributed by atoms with van der Waals surface area (Å²) in [7, 11) is 0. The topological polar surface area (TPSA) is 65.3 Å². The summed E-state index contributed by atoms with van der Waals surface area (Å²) in [6, 6.07) is 12.4. The average molecular weight is 366 g/mol. The number of ether oxygens (including phenoxy) is 1. The number of nitrogens with one attached hydrogen (secondary N) is 1. The van der Waals surface area contributed by atoms with Gasteiger partial charge in [-0.2, -0.15) is 5.26 Å². The lowest BCUT2D eigenvalue weighted by molar-refractivity contribution is 0.313. The van der Waals surface area contributed by atoms with Gasteiger partial charge in [0.2, 0.25) is 0 Å². The summed E-state index contributed by atoms with van der Waals surface area (Å²) >= 11 is 9.33. The summed E-state index contributed by atoms with van der Waals surface area (Å²) < 4.78 is 6.27. The number of nitrogens with zero attached hydrogens (tertiary/aromatic N) is 1. The lowest BCUT2D eigenvalue weighted by Crippen LogP contribution is -2.35. The maximum Gasteiger partial charge on any atom is 0.188 e. The van der Waals surface area contributed by atoms with E-state index in [0.717, 1.165) is 10.2 Å². The van der Waals surface area contributed by atoms with Crippen LogP contribution in [0.25, 0.3) is 0 Å². The number of phenols is 1. The van der Waals surface area contributed by atoms with Gasteiger partial charge in [-0.05, 0) is 46.3 Å². The van der Waals surface area contributed by atoms with E-state index in [4.69, 9.17) is 16.3 Å². The fraction of sp³-hybridized carbons (Fsp3) is 0.133. The van der Waals surface area contributed by atoms with Crippen molar-refractivity contribution in [1.29, 1.82) is 5.26 Å². The zero-order valence-electron chi connectivity index (χ0n) is 10.7. The minimum Gasteiger partial charge on any atom is -0.508 e. The van der Waals surface area contributed by atoms with Crippen molar-refractivity contribution in [1.82, 2.24) is 0 Å². The van der Waals surface area contributed by atoms with Crippen molar-refractivity contribution in [3.05, 3.63) is 51.5 Å². The molecule has 0 saturated heterocycles. The molecular formula is C15H10BrClN2O2. The molecule has 2 aromatic carbocycles. The minimum atomic E-state index is -0.990. The Morgan fingerprint density at radius 2 is 2.14 bits per heavy atom. The van der Waals surface area contributed by atoms with Gasteiger partial charge in [0.05, 0.1) is 11.1 Å². The van der Waals surface area contributed by atoms with Gasteiger partial charge in [-0.15, -0.1) is 0 Å². The zero-order valence-corrected chi connectivity index (χ0v) is 13.1. The third-order valence-corrected chi connectivity index (χ3v) is 4.55. The molecule has 2 aromatic rings. The molecule has 0 amide bonds. The first-order chi connectivity index (χ1) is 10.0. The van der Waals surface area contributed by atoms with Crippen LogP contribution >= 0.6 is 27.5 Å². The van der Waals surface area contributed by atoms with Crippen molar-refractivity contribution in [3.8, 4) is 17.6 Å². The molecule has 0 fully saturated rings. The second-order valence-electron chi connectivity index (χ2n) is 4.74. The number of rotatable bonds is 2. The van der Waals surface area contributed by atoms with Crippen molar-refractivity contribution >= 4 is 33.2 Å². The monoisotopic (exact) mass is 364 g/mol. The molecule has 21 heavy (non-hydrogen) atoms. The second-order valence-corrected chi connectivity index (χ2v) is 6.00. The molecule has 1 atom stereocenters. The van der Waals surface area contributed by atoms with Crippen LogP contribution in [0, 0.1) is 11.3 Å². The Bertz CT molecular complexity index is 760. The standard InChI is InChI=1S/C15H10BrClN2O2/c16-12-5-9(1-4-13(12)17)19-15(7-18)8-21-14-6-10(20)2-3-11(14)15/h1-6,19-20H,8H2. The van der Waals surface area contributed by atoms with Crippen LogP contribution in [0.3, 0.4) is 0 Å². The van der Waals surface area contributed by atoms with E-state index in [1.165, 1.54) is 6.07 Å². The van der Waals surface area contributed by atoms with Crippen molar-refractivity contribution in [2.24, 2.45) is 0 Å². The van der Waals surface area contributed by atoms with Gasteiger partial charge in [-0.1, -0.05) is 11.6 Å². The number of aromatic hydroxyl groups is 1. The first-order valence-electron chi connectivity index (χ1n) is 6.15. The molecular weight excluding hydrogens is 356 g/mol. The summed E-state index contributed by atoms with van der Waals surface area (Å²) in [6.07, 6.45) is 0. The van der Waals surface area contributed by atoms with Gasteiger partial charge in [0.15, 0.2) is 5.54 Å². The number of fused-ring (bicyclic) bond motifs is 1. The molecule has 0 saturated carbocycles. The van der Waals surface area contributed by atoms with Crippen LogP contribution in [0.5, 0.6) is 11.5 Å². The van der Waals surface area contributed by atoms with Crippen LogP contribution in [0.15, 0.2) is 40.9 Å². The van der Waals surface area contributed by atoms with E-state index in [9.17, 15) is 10.4 Å². The maximum absolute atomic E-state index is 9.63. The van der Waals surface area contributed by atoms with E-state index in [1.54, 1.807) is 30.3 Å². The normalized spacial score (nSPS) is 19.5. The number of anilines is 1. The van der Waals surface area contributed by atoms with Gasteiger partial charge in [0.25, 0.3) is 0 Å². The van der Waals surface area contributed by atoms with Crippen molar-refractivity contribution in [3.63, 3.8) is 0 Å². The average Bonchev–Trinajstić information content (AvgIpc) is 2.81.